The molecule has 0 spiro atoms. The highest BCUT2D eigenvalue weighted by molar-refractivity contribution is 5.94. The highest BCUT2D eigenvalue weighted by atomic mass is 16.6. The van der Waals surface area contributed by atoms with Crippen molar-refractivity contribution in [2.45, 2.75) is 0 Å². The summed E-state index contributed by atoms with van der Waals surface area (Å²) in [5.74, 6) is -1.01. The predicted octanol–water partition coefficient (Wildman–Crippen LogP) is 0.686. The quantitative estimate of drug-likeness (QED) is 0.598. The summed E-state index contributed by atoms with van der Waals surface area (Å²) in [4.78, 5) is 28.6. The molecule has 0 aliphatic carbocycles. The predicted molar refractivity (Wildman–Crippen MR) is 69.7 cm³/mol. The number of anilines is 1. The van der Waals surface area contributed by atoms with Crippen molar-refractivity contribution in [1.29, 1.82) is 0 Å². The van der Waals surface area contributed by atoms with Gasteiger partial charge in [-0.2, -0.15) is 0 Å². The molecule has 0 aliphatic heterocycles. The largest absolute Gasteiger partial charge is 0.478 e. The lowest BCUT2D eigenvalue weighted by molar-refractivity contribution is -0.385. The van der Waals surface area contributed by atoms with Gasteiger partial charge in [-0.25, -0.2) is 9.78 Å². The Morgan fingerprint density at radius 2 is 2.05 bits per heavy atom. The van der Waals surface area contributed by atoms with Crippen molar-refractivity contribution in [2.24, 2.45) is 0 Å². The Bertz CT molecular complexity index is 490. The number of carboxylic acid groups (broad SMARTS) is 1. The molecule has 8 nitrogen and oxygen atoms in total. The molecule has 0 saturated carbocycles. The highest BCUT2D eigenvalue weighted by Gasteiger charge is 2.19. The van der Waals surface area contributed by atoms with Crippen molar-refractivity contribution in [3.63, 3.8) is 0 Å². The Morgan fingerprint density at radius 3 is 2.53 bits per heavy atom. The molecular weight excluding hydrogens is 252 g/mol. The van der Waals surface area contributed by atoms with Crippen molar-refractivity contribution in [3.05, 3.63) is 27.9 Å². The molecule has 0 unspecified atom stereocenters. The Kier molecular flexibility index (Phi) is 4.76. The van der Waals surface area contributed by atoms with E-state index < -0.39 is 10.9 Å². The van der Waals surface area contributed by atoms with Crippen molar-refractivity contribution in [3.8, 4) is 0 Å². The van der Waals surface area contributed by atoms with Crippen LogP contribution in [0.5, 0.6) is 0 Å². The van der Waals surface area contributed by atoms with Crippen LogP contribution in [-0.2, 0) is 0 Å². The molecule has 0 saturated heterocycles. The van der Waals surface area contributed by atoms with E-state index in [9.17, 15) is 14.9 Å². The Labute approximate surface area is 110 Å². The van der Waals surface area contributed by atoms with E-state index in [4.69, 9.17) is 5.11 Å². The molecule has 1 N–H and O–H groups in total. The molecular formula is C11H16N4O4. The van der Waals surface area contributed by atoms with E-state index in [1.165, 1.54) is 0 Å². The SMILES string of the molecule is CN(C)CCN(C)c1ncc([N+](=O)[O-])cc1C(=O)O. The van der Waals surface area contributed by atoms with Gasteiger partial charge in [0.1, 0.15) is 17.6 Å². The molecule has 104 valence electrons. The summed E-state index contributed by atoms with van der Waals surface area (Å²) in [5.41, 5.74) is -0.502. The first-order chi connectivity index (χ1) is 8.82. The van der Waals surface area contributed by atoms with Gasteiger partial charge in [0.2, 0.25) is 0 Å². The molecule has 1 heterocycles. The van der Waals surface area contributed by atoms with Gasteiger partial charge < -0.3 is 14.9 Å². The van der Waals surface area contributed by atoms with Crippen molar-refractivity contribution in [1.82, 2.24) is 9.88 Å². The first kappa shape index (κ1) is 14.8. The van der Waals surface area contributed by atoms with E-state index in [2.05, 4.69) is 4.98 Å². The number of carboxylic acids is 1. The lowest BCUT2D eigenvalue weighted by atomic mass is 10.2. The first-order valence-electron chi connectivity index (χ1n) is 5.56. The fraction of sp³-hybridized carbons (Fsp3) is 0.455. The van der Waals surface area contributed by atoms with Gasteiger partial charge in [-0.3, -0.25) is 10.1 Å². The minimum Gasteiger partial charge on any atom is -0.478 e. The zero-order valence-corrected chi connectivity index (χ0v) is 11.0. The second-order valence-corrected chi connectivity index (χ2v) is 4.35. The summed E-state index contributed by atoms with van der Waals surface area (Å²) in [6, 6.07) is 1.02. The molecule has 1 rings (SSSR count). The second kappa shape index (κ2) is 6.10. The van der Waals surface area contributed by atoms with Gasteiger partial charge in [0, 0.05) is 26.2 Å². The summed E-state index contributed by atoms with van der Waals surface area (Å²) in [5, 5.41) is 19.7. The summed E-state index contributed by atoms with van der Waals surface area (Å²) in [6.45, 7) is 1.28. The Morgan fingerprint density at radius 1 is 1.42 bits per heavy atom. The minimum absolute atomic E-state index is 0.171. The molecule has 0 radical (unpaired) electrons. The first-order valence-corrected chi connectivity index (χ1v) is 5.56. The van der Waals surface area contributed by atoms with E-state index in [-0.39, 0.29) is 17.1 Å². The Hall–Kier alpha value is -2.22. The van der Waals surface area contributed by atoms with Gasteiger partial charge in [-0.05, 0) is 14.1 Å². The third-order valence-corrected chi connectivity index (χ3v) is 2.54. The van der Waals surface area contributed by atoms with Crippen LogP contribution >= 0.6 is 0 Å². The number of pyridine rings is 1. The van der Waals surface area contributed by atoms with E-state index in [0.717, 1.165) is 12.3 Å². The van der Waals surface area contributed by atoms with Gasteiger partial charge in [-0.1, -0.05) is 0 Å². The number of aromatic carboxylic acids is 1. The number of carbonyl (C=O) groups is 1. The molecule has 0 aromatic carbocycles. The van der Waals surface area contributed by atoms with Crippen LogP contribution in [0.2, 0.25) is 0 Å². The van der Waals surface area contributed by atoms with Crippen molar-refractivity contribution >= 4 is 17.5 Å². The van der Waals surface area contributed by atoms with Gasteiger partial charge in [0.25, 0.3) is 5.69 Å². The number of rotatable bonds is 6. The standard InChI is InChI=1S/C11H16N4O4/c1-13(2)4-5-14(3)10-9(11(16)17)6-8(7-12-10)15(18)19/h6-7H,4-5H2,1-3H3,(H,16,17). The number of aromatic nitrogens is 1. The van der Waals surface area contributed by atoms with Crippen LogP contribution < -0.4 is 4.90 Å². The van der Waals surface area contributed by atoms with Gasteiger partial charge in [-0.15, -0.1) is 0 Å². The van der Waals surface area contributed by atoms with Crippen molar-refractivity contribution in [2.75, 3.05) is 39.1 Å². The third-order valence-electron chi connectivity index (χ3n) is 2.54. The number of nitrogens with zero attached hydrogens (tertiary/aromatic N) is 4. The van der Waals surface area contributed by atoms with Gasteiger partial charge in [0.15, 0.2) is 0 Å². The topological polar surface area (TPSA) is 99.8 Å². The summed E-state index contributed by atoms with van der Waals surface area (Å²) in [6.07, 6.45) is 1.06. The average Bonchev–Trinajstić information content (AvgIpc) is 2.34. The molecule has 8 heteroatoms. The van der Waals surface area contributed by atoms with Crippen LogP contribution in [0, 0.1) is 10.1 Å². The number of nitro groups is 1. The smallest absolute Gasteiger partial charge is 0.339 e. The van der Waals surface area contributed by atoms with E-state index >= 15 is 0 Å². The number of hydrogen-bond acceptors (Lipinski definition) is 6. The van der Waals surface area contributed by atoms with Crippen LogP contribution in [0.3, 0.4) is 0 Å². The lowest BCUT2D eigenvalue weighted by Gasteiger charge is -2.21. The van der Waals surface area contributed by atoms with Crippen LogP contribution in [0.15, 0.2) is 12.3 Å². The second-order valence-electron chi connectivity index (χ2n) is 4.35. The van der Waals surface area contributed by atoms with E-state index in [1.54, 1.807) is 11.9 Å². The zero-order valence-electron chi connectivity index (χ0n) is 11.0. The molecule has 19 heavy (non-hydrogen) atoms. The molecule has 0 amide bonds. The third kappa shape index (κ3) is 3.88. The maximum atomic E-state index is 11.1. The highest BCUT2D eigenvalue weighted by Crippen LogP contribution is 2.21. The van der Waals surface area contributed by atoms with Gasteiger partial charge in [0.05, 0.1) is 4.92 Å². The Balaban J connectivity index is 3.06. The van der Waals surface area contributed by atoms with Crippen molar-refractivity contribution < 1.29 is 14.8 Å². The van der Waals surface area contributed by atoms with Crippen LogP contribution in [0.1, 0.15) is 10.4 Å². The molecule has 0 aliphatic rings. The number of hydrogen-bond donors (Lipinski definition) is 1. The summed E-state index contributed by atoms with van der Waals surface area (Å²) in [7, 11) is 5.49. The fourth-order valence-corrected chi connectivity index (χ4v) is 1.46. The molecule has 0 bridgehead atoms. The number of likely N-dealkylation sites (N-methyl/N-ethyl adjacent to an activating group) is 2. The molecule has 1 aromatic heterocycles. The zero-order chi connectivity index (χ0) is 14.6. The normalized spacial score (nSPS) is 10.5. The fourth-order valence-electron chi connectivity index (χ4n) is 1.46. The maximum Gasteiger partial charge on any atom is 0.339 e. The lowest BCUT2D eigenvalue weighted by Crippen LogP contribution is -2.30. The monoisotopic (exact) mass is 268 g/mol. The maximum absolute atomic E-state index is 11.1. The van der Waals surface area contributed by atoms with Gasteiger partial charge >= 0.3 is 5.97 Å². The van der Waals surface area contributed by atoms with E-state index in [1.807, 2.05) is 19.0 Å². The molecule has 1 aromatic rings. The summed E-state index contributed by atoms with van der Waals surface area (Å²) < 4.78 is 0. The molecule has 0 atom stereocenters. The van der Waals surface area contributed by atoms with Crippen LogP contribution in [0.25, 0.3) is 0 Å². The van der Waals surface area contributed by atoms with E-state index in [0.29, 0.717) is 13.1 Å². The van der Waals surface area contributed by atoms with Crippen LogP contribution in [-0.4, -0.2) is 60.1 Å². The summed E-state index contributed by atoms with van der Waals surface area (Å²) >= 11 is 0. The minimum atomic E-state index is -1.23. The van der Waals surface area contributed by atoms with Crippen LogP contribution in [0.4, 0.5) is 11.5 Å². The average molecular weight is 268 g/mol. The molecule has 0 fully saturated rings.